The van der Waals surface area contributed by atoms with Crippen molar-refractivity contribution in [2.24, 2.45) is 0 Å². The van der Waals surface area contributed by atoms with E-state index in [1.54, 1.807) is 4.90 Å². The first-order valence-corrected chi connectivity index (χ1v) is 25.8. The lowest BCUT2D eigenvalue weighted by Crippen LogP contribution is -2.37. The molecule has 342 valence electrons. The fraction of sp³-hybridized carbons (Fsp3) is 1.00. The molecule has 6 aliphatic rings. The number of hydrogen-bond donors (Lipinski definition) is 11. The third-order valence-corrected chi connectivity index (χ3v) is 15.8. The van der Waals surface area contributed by atoms with Crippen molar-refractivity contribution in [3.63, 3.8) is 0 Å². The number of hydrogen-bond acceptors (Lipinski definition) is 21. The SMILES string of the molecule is CC1C(C)N1C1OC(CO)C(O)C1O.CC1C(C)N1C1OC(COP(=O)(Cl)Cl)C(O)C1O.CC1C(C)N1C1OC(COP(=O)(O)OP(=O)(O)OP(=O)(O)O)C(O)C1O. The van der Waals surface area contributed by atoms with Crippen LogP contribution in [0.4, 0.5) is 0 Å². The van der Waals surface area contributed by atoms with Gasteiger partial charge in [0.25, 0.3) is 0 Å². The Bertz CT molecular complexity index is 1580. The van der Waals surface area contributed by atoms with Crippen LogP contribution < -0.4 is 0 Å². The smallest absolute Gasteiger partial charge is 0.394 e. The van der Waals surface area contributed by atoms with Crippen molar-refractivity contribution in [3.8, 4) is 0 Å². The Labute approximate surface area is 342 Å². The molecular formula is C27H53Cl2N3O22P4. The van der Waals surface area contributed by atoms with Crippen LogP contribution in [0.5, 0.6) is 0 Å². The van der Waals surface area contributed by atoms with Crippen LogP contribution >= 0.6 is 52.0 Å². The second-order valence-corrected chi connectivity index (χ2v) is 23.4. The fourth-order valence-corrected chi connectivity index (χ4v) is 10.7. The van der Waals surface area contributed by atoms with Gasteiger partial charge in [0.05, 0.1) is 19.8 Å². The molecule has 0 aromatic heterocycles. The molecule has 6 rings (SSSR count). The Morgan fingerprint density at radius 1 is 0.500 bits per heavy atom. The second-order valence-electron chi connectivity index (χ2n) is 14.7. The summed E-state index contributed by atoms with van der Waals surface area (Å²) in [6.45, 7) is 10.5. The van der Waals surface area contributed by atoms with Gasteiger partial charge in [0.1, 0.15) is 73.6 Å². The summed E-state index contributed by atoms with van der Waals surface area (Å²) in [6, 6.07) is 1.53. The van der Waals surface area contributed by atoms with E-state index in [1.807, 2.05) is 51.3 Å². The van der Waals surface area contributed by atoms with E-state index in [0.717, 1.165) is 0 Å². The fourth-order valence-electron chi connectivity index (χ4n) is 6.97. The quantitative estimate of drug-likeness (QED) is 0.0698. The van der Waals surface area contributed by atoms with Crippen LogP contribution in [0.25, 0.3) is 0 Å². The summed E-state index contributed by atoms with van der Waals surface area (Å²) in [7, 11) is -16.4. The zero-order valence-corrected chi connectivity index (χ0v) is 36.9. The Morgan fingerprint density at radius 2 is 0.810 bits per heavy atom. The monoisotopic (exact) mass is 965 g/mol. The minimum atomic E-state index is -5.62. The molecule has 0 saturated carbocycles. The van der Waals surface area contributed by atoms with Crippen molar-refractivity contribution in [3.05, 3.63) is 0 Å². The Kier molecular flexibility index (Phi) is 17.2. The van der Waals surface area contributed by atoms with Gasteiger partial charge in [-0.25, -0.2) is 13.7 Å². The van der Waals surface area contributed by atoms with Gasteiger partial charge >= 0.3 is 29.5 Å². The molecule has 0 spiro atoms. The Balaban J connectivity index is 0.000000202. The van der Waals surface area contributed by atoms with E-state index in [9.17, 15) is 53.8 Å². The van der Waals surface area contributed by atoms with Gasteiger partial charge in [-0.05, 0) is 64.0 Å². The van der Waals surface area contributed by atoms with Crippen molar-refractivity contribution >= 4 is 52.0 Å². The second kappa shape index (κ2) is 19.4. The van der Waals surface area contributed by atoms with Crippen molar-refractivity contribution < 1.29 is 105 Å². The third-order valence-electron chi connectivity index (χ3n) is 10.9. The first kappa shape index (κ1) is 51.3. The van der Waals surface area contributed by atoms with Gasteiger partial charge in [0.15, 0.2) is 0 Å². The van der Waals surface area contributed by atoms with E-state index in [0.29, 0.717) is 24.2 Å². The van der Waals surface area contributed by atoms with Crippen LogP contribution in [0.2, 0.25) is 0 Å². The summed E-state index contributed by atoms with van der Waals surface area (Å²) in [4.78, 5) is 40.9. The van der Waals surface area contributed by atoms with Crippen LogP contribution in [0.15, 0.2) is 0 Å². The van der Waals surface area contributed by atoms with E-state index in [1.165, 1.54) is 0 Å². The molecule has 11 N–H and O–H groups in total. The van der Waals surface area contributed by atoms with Gasteiger partial charge < -0.3 is 74.1 Å². The predicted molar refractivity (Wildman–Crippen MR) is 196 cm³/mol. The average molecular weight is 967 g/mol. The molecule has 0 aromatic carbocycles. The zero-order chi connectivity index (χ0) is 44.2. The molecule has 25 nitrogen and oxygen atoms in total. The molecule has 6 saturated heterocycles. The van der Waals surface area contributed by atoms with Gasteiger partial charge in [-0.2, -0.15) is 8.62 Å². The van der Waals surface area contributed by atoms with Gasteiger partial charge in [-0.1, -0.05) is 0 Å². The van der Waals surface area contributed by atoms with E-state index >= 15 is 0 Å². The molecular weight excluding hydrogens is 913 g/mol. The number of phosphoric acid groups is 3. The van der Waals surface area contributed by atoms with E-state index < -0.39 is 110 Å². The van der Waals surface area contributed by atoms with Crippen LogP contribution in [0.1, 0.15) is 41.5 Å². The molecule has 0 amide bonds. The number of rotatable bonds is 14. The standard InChI is InChI=1S/C9H16Cl2NO5P.C9H20NO13P3.C9H17NO4/c1-4-5(2)12(4)9-8(14)7(13)6(17-9)3-16-18(10,11)15;1-4-5(2)10(4)9-8(12)7(11)6(21-9)3-20-25(16,17)23-26(18,19)22-24(13,14)15;1-4-5(2)10(4)9-8(13)7(12)6(3-11)14-9/h4-9,13-14H,3H2,1-2H3;4-9,11-12H,3H2,1-2H3,(H,16,17)(H,18,19)(H2,13,14,15);4-9,11-13H,3H2,1-2H3. The highest BCUT2D eigenvalue weighted by atomic mass is 35.9. The van der Waals surface area contributed by atoms with Crippen LogP contribution in [-0.4, -0.2) is 200 Å². The molecule has 6 fully saturated rings. The Morgan fingerprint density at radius 3 is 1.09 bits per heavy atom. The van der Waals surface area contributed by atoms with Crippen molar-refractivity contribution in [1.82, 2.24) is 14.7 Å². The number of halogens is 2. The maximum atomic E-state index is 11.6. The topological polar surface area (TPSA) is 364 Å². The first-order chi connectivity index (χ1) is 26.4. The van der Waals surface area contributed by atoms with Crippen molar-refractivity contribution in [2.75, 3.05) is 19.8 Å². The summed E-state index contributed by atoms with van der Waals surface area (Å²) in [5.41, 5.74) is 0. The number of aliphatic hydroxyl groups is 7. The molecule has 20 atom stereocenters. The highest BCUT2D eigenvalue weighted by molar-refractivity contribution is 8.05. The maximum absolute atomic E-state index is 11.6. The summed E-state index contributed by atoms with van der Waals surface area (Å²) >= 11 is 10.5. The summed E-state index contributed by atoms with van der Waals surface area (Å²) in [6.07, 6.45) is -15.1. The molecule has 58 heavy (non-hydrogen) atoms. The molecule has 0 aliphatic carbocycles. The first-order valence-electron chi connectivity index (χ1n) is 17.8. The van der Waals surface area contributed by atoms with Gasteiger partial charge in [-0.3, -0.25) is 23.8 Å². The van der Waals surface area contributed by atoms with E-state index in [4.69, 9.17) is 61.0 Å². The van der Waals surface area contributed by atoms with Gasteiger partial charge in [-0.15, -0.1) is 0 Å². The summed E-state index contributed by atoms with van der Waals surface area (Å²) in [5, 5.41) is 67.7. The summed E-state index contributed by atoms with van der Waals surface area (Å²) in [5.74, 6) is 0. The zero-order valence-electron chi connectivity index (χ0n) is 31.8. The average Bonchev–Trinajstić information content (AvgIpc) is 3.92. The molecule has 0 aromatic rings. The molecule has 20 unspecified atom stereocenters. The minimum Gasteiger partial charge on any atom is -0.394 e. The molecule has 6 heterocycles. The van der Waals surface area contributed by atoms with Gasteiger partial charge in [0.2, 0.25) is 0 Å². The normalized spacial score (nSPS) is 47.9. The van der Waals surface area contributed by atoms with E-state index in [2.05, 4.69) is 13.1 Å². The highest BCUT2D eigenvalue weighted by Gasteiger charge is 2.57. The van der Waals surface area contributed by atoms with Crippen LogP contribution in [0.3, 0.4) is 0 Å². The highest BCUT2D eigenvalue weighted by Crippen LogP contribution is 2.66. The molecule has 0 radical (unpaired) electrons. The molecule has 0 bridgehead atoms. The number of aliphatic hydroxyl groups excluding tert-OH is 7. The number of phosphoric ester groups is 1. The minimum absolute atomic E-state index is 0.0962. The van der Waals surface area contributed by atoms with Crippen LogP contribution in [-0.2, 0) is 50.1 Å². The third kappa shape index (κ3) is 12.9. The lowest BCUT2D eigenvalue weighted by Gasteiger charge is -2.19. The Hall–Kier alpha value is 0.660. The summed E-state index contributed by atoms with van der Waals surface area (Å²) < 4.78 is 76.8. The van der Waals surface area contributed by atoms with Crippen molar-refractivity contribution in [1.29, 1.82) is 0 Å². The molecule has 31 heteroatoms. The lowest BCUT2D eigenvalue weighted by molar-refractivity contribution is -0.0652. The predicted octanol–water partition coefficient (Wildman–Crippen LogP) is -1.48. The lowest BCUT2D eigenvalue weighted by atomic mass is 10.1. The van der Waals surface area contributed by atoms with E-state index in [-0.39, 0.29) is 25.3 Å². The van der Waals surface area contributed by atoms with Gasteiger partial charge in [0, 0.05) is 36.3 Å². The maximum Gasteiger partial charge on any atom is 0.490 e. The number of nitrogens with zero attached hydrogens (tertiary/aromatic N) is 3. The number of ether oxygens (including phenoxy) is 3. The van der Waals surface area contributed by atoms with Crippen LogP contribution in [0, 0.1) is 0 Å². The van der Waals surface area contributed by atoms with Crippen molar-refractivity contribution in [2.45, 2.75) is 151 Å². The largest absolute Gasteiger partial charge is 0.490 e. The molecule has 6 aliphatic heterocycles.